The van der Waals surface area contributed by atoms with Crippen LogP contribution < -0.4 is 10.6 Å². The first-order chi connectivity index (χ1) is 12.8. The molecule has 1 aliphatic heterocycles. The number of fused-ring (bicyclic) bond motifs is 1. The van der Waals surface area contributed by atoms with Gasteiger partial charge in [0, 0.05) is 32.2 Å². The largest absolute Gasteiger partial charge is 0.467 e. The van der Waals surface area contributed by atoms with Crippen LogP contribution in [0.5, 0.6) is 0 Å². The zero-order valence-corrected chi connectivity index (χ0v) is 15.9. The van der Waals surface area contributed by atoms with Gasteiger partial charge in [0.15, 0.2) is 5.96 Å². The van der Waals surface area contributed by atoms with Crippen molar-refractivity contribution in [2.75, 3.05) is 19.6 Å². The van der Waals surface area contributed by atoms with Crippen LogP contribution in [-0.4, -0.2) is 36.5 Å². The summed E-state index contributed by atoms with van der Waals surface area (Å²) in [5.41, 5.74) is 2.97. The average Bonchev–Trinajstić information content (AvgIpc) is 3.20. The van der Waals surface area contributed by atoms with Gasteiger partial charge in [0.2, 0.25) is 0 Å². The van der Waals surface area contributed by atoms with Crippen LogP contribution in [0.25, 0.3) is 0 Å². The first-order valence-electron chi connectivity index (χ1n) is 9.65. The molecule has 0 aliphatic carbocycles. The first kappa shape index (κ1) is 18.5. The van der Waals surface area contributed by atoms with E-state index < -0.39 is 0 Å². The average molecular weight is 354 g/mol. The Bertz CT molecular complexity index is 696. The molecule has 1 aromatic heterocycles. The van der Waals surface area contributed by atoms with E-state index in [-0.39, 0.29) is 0 Å². The number of nitrogens with zero attached hydrogens (tertiary/aromatic N) is 2. The van der Waals surface area contributed by atoms with Crippen molar-refractivity contribution in [3.63, 3.8) is 0 Å². The van der Waals surface area contributed by atoms with Gasteiger partial charge in [-0.1, -0.05) is 31.2 Å². The van der Waals surface area contributed by atoms with Gasteiger partial charge in [0.25, 0.3) is 0 Å². The van der Waals surface area contributed by atoms with E-state index in [1.807, 2.05) is 12.1 Å². The molecular weight excluding hydrogens is 324 g/mol. The zero-order chi connectivity index (χ0) is 18.2. The molecule has 0 spiro atoms. The maximum atomic E-state index is 5.37. The third-order valence-corrected chi connectivity index (χ3v) is 4.97. The highest BCUT2D eigenvalue weighted by molar-refractivity contribution is 5.79. The Labute approximate surface area is 156 Å². The third-order valence-electron chi connectivity index (χ3n) is 4.97. The van der Waals surface area contributed by atoms with E-state index in [1.54, 1.807) is 6.26 Å². The molecule has 0 amide bonds. The van der Waals surface area contributed by atoms with Crippen molar-refractivity contribution in [3.8, 4) is 0 Å². The van der Waals surface area contributed by atoms with Crippen LogP contribution in [0, 0.1) is 0 Å². The monoisotopic (exact) mass is 354 g/mol. The van der Waals surface area contributed by atoms with Crippen LogP contribution in [-0.2, 0) is 19.5 Å². The lowest BCUT2D eigenvalue weighted by Crippen LogP contribution is -2.48. The van der Waals surface area contributed by atoms with Gasteiger partial charge < -0.3 is 15.1 Å². The molecule has 2 aromatic rings. The lowest BCUT2D eigenvalue weighted by Gasteiger charge is -2.35. The number of rotatable bonds is 7. The van der Waals surface area contributed by atoms with Gasteiger partial charge in [-0.25, -0.2) is 4.99 Å². The van der Waals surface area contributed by atoms with E-state index in [1.165, 1.54) is 11.1 Å². The maximum absolute atomic E-state index is 5.37. The first-order valence-corrected chi connectivity index (χ1v) is 9.65. The van der Waals surface area contributed by atoms with E-state index in [2.05, 4.69) is 58.6 Å². The summed E-state index contributed by atoms with van der Waals surface area (Å²) in [5.74, 6) is 1.72. The summed E-state index contributed by atoms with van der Waals surface area (Å²) in [6, 6.07) is 13.2. The van der Waals surface area contributed by atoms with E-state index in [0.29, 0.717) is 12.6 Å². The fourth-order valence-electron chi connectivity index (χ4n) is 3.48. The second-order valence-electron chi connectivity index (χ2n) is 6.71. The number of benzene rings is 1. The fraction of sp³-hybridized carbons (Fsp3) is 0.476. The highest BCUT2D eigenvalue weighted by atomic mass is 16.3. The summed E-state index contributed by atoms with van der Waals surface area (Å²) in [6.07, 6.45) is 3.94. The normalized spacial score (nSPS) is 16.2. The standard InChI is InChI=1S/C21H30N4O/c1-3-19(25-12-11-17-8-5-6-9-18(17)16-25)14-23-21(22-4-2)24-15-20-10-7-13-26-20/h5-10,13,19H,3-4,11-12,14-16H2,1-2H3,(H2,22,23,24). The highest BCUT2D eigenvalue weighted by Crippen LogP contribution is 2.21. The molecule has 0 saturated carbocycles. The van der Waals surface area contributed by atoms with Crippen molar-refractivity contribution in [2.45, 2.75) is 45.8 Å². The maximum Gasteiger partial charge on any atom is 0.191 e. The second-order valence-corrected chi connectivity index (χ2v) is 6.71. The number of nitrogens with one attached hydrogen (secondary N) is 2. The molecule has 0 radical (unpaired) electrons. The Morgan fingerprint density at radius 3 is 2.73 bits per heavy atom. The molecule has 0 bridgehead atoms. The minimum Gasteiger partial charge on any atom is -0.467 e. The van der Waals surface area contributed by atoms with Crippen molar-refractivity contribution in [3.05, 3.63) is 59.5 Å². The molecule has 2 heterocycles. The molecular formula is C21H30N4O. The molecule has 1 unspecified atom stereocenters. The summed E-state index contributed by atoms with van der Waals surface area (Å²) < 4.78 is 5.37. The number of hydrogen-bond donors (Lipinski definition) is 2. The quantitative estimate of drug-likeness (QED) is 0.592. The Kier molecular flexibility index (Phi) is 6.72. The Morgan fingerprint density at radius 2 is 2.00 bits per heavy atom. The number of hydrogen-bond acceptors (Lipinski definition) is 3. The lowest BCUT2D eigenvalue weighted by atomic mass is 9.98. The summed E-state index contributed by atoms with van der Waals surface area (Å²) >= 11 is 0. The zero-order valence-electron chi connectivity index (χ0n) is 15.9. The van der Waals surface area contributed by atoms with E-state index >= 15 is 0 Å². The van der Waals surface area contributed by atoms with E-state index in [0.717, 1.165) is 50.7 Å². The van der Waals surface area contributed by atoms with E-state index in [9.17, 15) is 0 Å². The van der Waals surface area contributed by atoms with E-state index in [4.69, 9.17) is 4.42 Å². The molecule has 5 heteroatoms. The Balaban J connectivity index is 1.57. The van der Waals surface area contributed by atoms with Crippen LogP contribution in [0.15, 0.2) is 52.1 Å². The van der Waals surface area contributed by atoms with Crippen LogP contribution >= 0.6 is 0 Å². The Morgan fingerprint density at radius 1 is 1.15 bits per heavy atom. The molecule has 3 rings (SSSR count). The Hall–Kier alpha value is -2.27. The molecule has 1 atom stereocenters. The SMILES string of the molecule is CCNC(=NCc1ccco1)NCC(CC)N1CCc2ccccc2C1. The molecule has 26 heavy (non-hydrogen) atoms. The minimum atomic E-state index is 0.496. The van der Waals surface area contributed by atoms with Gasteiger partial charge in [-0.3, -0.25) is 4.90 Å². The summed E-state index contributed by atoms with van der Waals surface area (Å²) in [7, 11) is 0. The minimum absolute atomic E-state index is 0.496. The number of aliphatic imine (C=N–C) groups is 1. The van der Waals surface area contributed by atoms with Crippen molar-refractivity contribution in [2.24, 2.45) is 4.99 Å². The van der Waals surface area contributed by atoms with Gasteiger partial charge in [0.05, 0.1) is 6.26 Å². The van der Waals surface area contributed by atoms with Crippen LogP contribution in [0.2, 0.25) is 0 Å². The predicted molar refractivity (Wildman–Crippen MR) is 106 cm³/mol. The van der Waals surface area contributed by atoms with Crippen LogP contribution in [0.4, 0.5) is 0 Å². The number of guanidine groups is 1. The van der Waals surface area contributed by atoms with Gasteiger partial charge >= 0.3 is 0 Å². The van der Waals surface area contributed by atoms with Gasteiger partial charge in [-0.2, -0.15) is 0 Å². The number of furan rings is 1. The molecule has 0 fully saturated rings. The summed E-state index contributed by atoms with van der Waals surface area (Å²) in [4.78, 5) is 7.21. The lowest BCUT2D eigenvalue weighted by molar-refractivity contribution is 0.174. The summed E-state index contributed by atoms with van der Waals surface area (Å²) in [5, 5.41) is 6.83. The molecule has 2 N–H and O–H groups in total. The fourth-order valence-corrected chi connectivity index (χ4v) is 3.48. The molecule has 1 aromatic carbocycles. The molecule has 1 aliphatic rings. The summed E-state index contributed by atoms with van der Waals surface area (Å²) in [6.45, 7) is 8.80. The van der Waals surface area contributed by atoms with Gasteiger partial charge in [-0.05, 0) is 43.0 Å². The smallest absolute Gasteiger partial charge is 0.191 e. The topological polar surface area (TPSA) is 52.8 Å². The molecule has 140 valence electrons. The highest BCUT2D eigenvalue weighted by Gasteiger charge is 2.22. The van der Waals surface area contributed by atoms with Crippen molar-refractivity contribution < 1.29 is 4.42 Å². The third kappa shape index (κ3) is 4.88. The molecule has 5 nitrogen and oxygen atoms in total. The van der Waals surface area contributed by atoms with Crippen LogP contribution in [0.1, 0.15) is 37.2 Å². The van der Waals surface area contributed by atoms with Gasteiger partial charge in [0.1, 0.15) is 12.3 Å². The van der Waals surface area contributed by atoms with Gasteiger partial charge in [-0.15, -0.1) is 0 Å². The van der Waals surface area contributed by atoms with Crippen molar-refractivity contribution in [1.29, 1.82) is 0 Å². The van der Waals surface area contributed by atoms with Crippen LogP contribution in [0.3, 0.4) is 0 Å². The molecule has 0 saturated heterocycles. The van der Waals surface area contributed by atoms with Crippen molar-refractivity contribution >= 4 is 5.96 Å². The van der Waals surface area contributed by atoms with Crippen molar-refractivity contribution in [1.82, 2.24) is 15.5 Å². The second kappa shape index (κ2) is 9.43. The predicted octanol–water partition coefficient (Wildman–Crippen LogP) is 3.17.